The summed E-state index contributed by atoms with van der Waals surface area (Å²) >= 11 is 0. The van der Waals surface area contributed by atoms with Crippen LogP contribution in [0.5, 0.6) is 0 Å². The summed E-state index contributed by atoms with van der Waals surface area (Å²) in [6, 6.07) is 9.64. The highest BCUT2D eigenvalue weighted by molar-refractivity contribution is 5.53. The third kappa shape index (κ3) is 2.86. The molecular formula is C16H24N2. The van der Waals surface area contributed by atoms with Crippen molar-refractivity contribution in [1.29, 1.82) is 0 Å². The summed E-state index contributed by atoms with van der Waals surface area (Å²) in [6.07, 6.45) is 7.00. The molecule has 98 valence electrons. The number of rotatable bonds is 6. The van der Waals surface area contributed by atoms with E-state index in [4.69, 9.17) is 0 Å². The van der Waals surface area contributed by atoms with Gasteiger partial charge in [-0.15, -0.1) is 0 Å². The Kier molecular flexibility index (Phi) is 3.55. The van der Waals surface area contributed by atoms with Gasteiger partial charge in [0, 0.05) is 31.9 Å². The molecule has 0 atom stereocenters. The van der Waals surface area contributed by atoms with Crippen LogP contribution >= 0.6 is 0 Å². The van der Waals surface area contributed by atoms with E-state index in [-0.39, 0.29) is 0 Å². The molecule has 1 aromatic rings. The second kappa shape index (κ2) is 5.31. The van der Waals surface area contributed by atoms with Crippen molar-refractivity contribution in [2.24, 2.45) is 5.92 Å². The highest BCUT2D eigenvalue weighted by Crippen LogP contribution is 2.29. The van der Waals surface area contributed by atoms with Gasteiger partial charge in [-0.3, -0.25) is 0 Å². The van der Waals surface area contributed by atoms with Gasteiger partial charge < -0.3 is 10.2 Å². The molecule has 18 heavy (non-hydrogen) atoms. The fourth-order valence-electron chi connectivity index (χ4n) is 2.74. The number of nitrogens with one attached hydrogen (secondary N) is 1. The molecule has 0 radical (unpaired) electrons. The lowest BCUT2D eigenvalue weighted by Crippen LogP contribution is -2.30. The Morgan fingerprint density at radius 1 is 1.17 bits per heavy atom. The minimum atomic E-state index is 0.787. The summed E-state index contributed by atoms with van der Waals surface area (Å²) in [5, 5.41) is 3.62. The SMILES string of the molecule is CN(CC1CCC1)c1ccccc1CNC1CC1. The third-order valence-corrected chi connectivity index (χ3v) is 4.32. The second-order valence-corrected chi connectivity index (χ2v) is 5.96. The largest absolute Gasteiger partial charge is 0.374 e. The smallest absolute Gasteiger partial charge is 0.0409 e. The molecule has 0 spiro atoms. The number of benzene rings is 1. The predicted molar refractivity (Wildman–Crippen MR) is 76.9 cm³/mol. The summed E-state index contributed by atoms with van der Waals surface area (Å²) in [7, 11) is 2.24. The Morgan fingerprint density at radius 3 is 2.61 bits per heavy atom. The lowest BCUT2D eigenvalue weighted by molar-refractivity contribution is 0.321. The number of hydrogen-bond acceptors (Lipinski definition) is 2. The first-order chi connectivity index (χ1) is 8.83. The Labute approximate surface area is 110 Å². The van der Waals surface area contributed by atoms with Gasteiger partial charge in [-0.05, 0) is 43.2 Å². The van der Waals surface area contributed by atoms with Gasteiger partial charge in [0.25, 0.3) is 0 Å². The summed E-state index contributed by atoms with van der Waals surface area (Å²) in [4.78, 5) is 2.45. The molecular weight excluding hydrogens is 220 g/mol. The third-order valence-electron chi connectivity index (χ3n) is 4.32. The molecule has 1 N–H and O–H groups in total. The van der Waals surface area contributed by atoms with E-state index < -0.39 is 0 Å². The van der Waals surface area contributed by atoms with Gasteiger partial charge in [0.1, 0.15) is 0 Å². The molecule has 2 aliphatic carbocycles. The lowest BCUT2D eigenvalue weighted by Gasteiger charge is -2.32. The molecule has 3 rings (SSSR count). The Morgan fingerprint density at radius 2 is 1.94 bits per heavy atom. The molecule has 0 heterocycles. The first kappa shape index (κ1) is 12.0. The van der Waals surface area contributed by atoms with Crippen molar-refractivity contribution in [2.45, 2.75) is 44.7 Å². The van der Waals surface area contributed by atoms with E-state index in [1.54, 1.807) is 0 Å². The second-order valence-electron chi connectivity index (χ2n) is 5.96. The van der Waals surface area contributed by atoms with Crippen LogP contribution in [0.4, 0.5) is 5.69 Å². The zero-order valence-electron chi connectivity index (χ0n) is 11.4. The molecule has 2 saturated carbocycles. The summed E-state index contributed by atoms with van der Waals surface area (Å²) in [6.45, 7) is 2.25. The molecule has 0 aliphatic heterocycles. The highest BCUT2D eigenvalue weighted by Gasteiger charge is 2.22. The zero-order valence-corrected chi connectivity index (χ0v) is 11.4. The van der Waals surface area contributed by atoms with Crippen molar-refractivity contribution in [2.75, 3.05) is 18.5 Å². The number of para-hydroxylation sites is 1. The van der Waals surface area contributed by atoms with E-state index in [1.165, 1.54) is 49.9 Å². The van der Waals surface area contributed by atoms with Crippen molar-refractivity contribution in [1.82, 2.24) is 5.32 Å². The van der Waals surface area contributed by atoms with Gasteiger partial charge in [-0.1, -0.05) is 24.6 Å². The van der Waals surface area contributed by atoms with Gasteiger partial charge in [-0.2, -0.15) is 0 Å². The summed E-state index contributed by atoms with van der Waals surface area (Å²) < 4.78 is 0. The summed E-state index contributed by atoms with van der Waals surface area (Å²) in [5.74, 6) is 0.930. The van der Waals surface area contributed by atoms with Crippen LogP contribution in [0.3, 0.4) is 0 Å². The highest BCUT2D eigenvalue weighted by atomic mass is 15.1. The van der Waals surface area contributed by atoms with Crippen LogP contribution < -0.4 is 10.2 Å². The fraction of sp³-hybridized carbons (Fsp3) is 0.625. The number of hydrogen-bond donors (Lipinski definition) is 1. The van der Waals surface area contributed by atoms with E-state index >= 15 is 0 Å². The van der Waals surface area contributed by atoms with Gasteiger partial charge in [0.2, 0.25) is 0 Å². The van der Waals surface area contributed by atoms with Crippen LogP contribution in [-0.2, 0) is 6.54 Å². The lowest BCUT2D eigenvalue weighted by atomic mass is 9.85. The van der Waals surface area contributed by atoms with Crippen molar-refractivity contribution < 1.29 is 0 Å². The first-order valence-electron chi connectivity index (χ1n) is 7.35. The summed E-state index contributed by atoms with van der Waals surface area (Å²) in [5.41, 5.74) is 2.86. The normalized spacial score (nSPS) is 19.6. The minimum absolute atomic E-state index is 0.787. The van der Waals surface area contributed by atoms with Crippen LogP contribution in [0.2, 0.25) is 0 Å². The van der Waals surface area contributed by atoms with Gasteiger partial charge in [0.05, 0.1) is 0 Å². The molecule has 1 aromatic carbocycles. The molecule has 2 fully saturated rings. The van der Waals surface area contributed by atoms with E-state index in [2.05, 4.69) is 41.5 Å². The molecule has 2 heteroatoms. The maximum Gasteiger partial charge on any atom is 0.0409 e. The fourth-order valence-corrected chi connectivity index (χ4v) is 2.74. The molecule has 0 aromatic heterocycles. The van der Waals surface area contributed by atoms with Crippen molar-refractivity contribution >= 4 is 5.69 Å². The van der Waals surface area contributed by atoms with Crippen LogP contribution in [0.25, 0.3) is 0 Å². The van der Waals surface area contributed by atoms with E-state index in [0.717, 1.165) is 18.5 Å². The Balaban J connectivity index is 1.64. The first-order valence-corrected chi connectivity index (χ1v) is 7.35. The Bertz CT molecular complexity index is 394. The molecule has 0 bridgehead atoms. The average molecular weight is 244 g/mol. The molecule has 0 saturated heterocycles. The quantitative estimate of drug-likeness (QED) is 0.827. The average Bonchev–Trinajstić information content (AvgIpc) is 3.15. The van der Waals surface area contributed by atoms with Gasteiger partial charge in [0.15, 0.2) is 0 Å². The van der Waals surface area contributed by atoms with Crippen molar-refractivity contribution in [3.8, 4) is 0 Å². The minimum Gasteiger partial charge on any atom is -0.374 e. The molecule has 2 nitrogen and oxygen atoms in total. The monoisotopic (exact) mass is 244 g/mol. The van der Waals surface area contributed by atoms with Gasteiger partial charge in [-0.25, -0.2) is 0 Å². The van der Waals surface area contributed by atoms with E-state index in [0.29, 0.717) is 0 Å². The van der Waals surface area contributed by atoms with Crippen molar-refractivity contribution in [3.63, 3.8) is 0 Å². The standard InChI is InChI=1S/C16H24N2/c1-18(12-13-5-4-6-13)16-8-3-2-7-14(16)11-17-15-9-10-15/h2-3,7-8,13,15,17H,4-6,9-12H2,1H3. The van der Waals surface area contributed by atoms with Crippen molar-refractivity contribution in [3.05, 3.63) is 29.8 Å². The van der Waals surface area contributed by atoms with E-state index in [9.17, 15) is 0 Å². The number of anilines is 1. The zero-order chi connectivity index (χ0) is 12.4. The van der Waals surface area contributed by atoms with E-state index in [1.807, 2.05) is 0 Å². The molecule has 2 aliphatic rings. The number of nitrogens with zero attached hydrogens (tertiary/aromatic N) is 1. The predicted octanol–water partition coefficient (Wildman–Crippen LogP) is 3.17. The topological polar surface area (TPSA) is 15.3 Å². The maximum absolute atomic E-state index is 3.62. The van der Waals surface area contributed by atoms with Crippen LogP contribution in [0, 0.1) is 5.92 Å². The van der Waals surface area contributed by atoms with Gasteiger partial charge >= 0.3 is 0 Å². The Hall–Kier alpha value is -1.02. The van der Waals surface area contributed by atoms with Crippen LogP contribution in [0.15, 0.2) is 24.3 Å². The van der Waals surface area contributed by atoms with Crippen LogP contribution in [-0.4, -0.2) is 19.6 Å². The molecule has 0 amide bonds. The van der Waals surface area contributed by atoms with Crippen LogP contribution in [0.1, 0.15) is 37.7 Å². The molecule has 0 unspecified atom stereocenters. The maximum atomic E-state index is 3.62.